The Morgan fingerprint density at radius 1 is 1.40 bits per heavy atom. The fraction of sp³-hybridized carbons (Fsp3) is 0.706. The predicted molar refractivity (Wildman–Crippen MR) is 97.7 cm³/mol. The first kappa shape index (κ1) is 19.1. The number of hydrogen-bond acceptors (Lipinski definition) is 4. The van der Waals surface area contributed by atoms with Gasteiger partial charge in [-0.1, -0.05) is 0 Å². The lowest BCUT2D eigenvalue weighted by Crippen LogP contribution is -2.49. The largest absolute Gasteiger partial charge is 0.453 e. The molecule has 25 heavy (non-hydrogen) atoms. The summed E-state index contributed by atoms with van der Waals surface area (Å²) in [6.45, 7) is 5.33. The molecule has 8 nitrogen and oxygen atoms in total. The minimum Gasteiger partial charge on any atom is -0.453 e. The number of nitrogens with zero attached hydrogens (tertiary/aromatic N) is 4. The fourth-order valence-electron chi connectivity index (χ4n) is 2.98. The highest BCUT2D eigenvalue weighted by Gasteiger charge is 2.23. The van der Waals surface area contributed by atoms with Crippen LogP contribution in [0.5, 0.6) is 0 Å². The molecule has 1 aromatic rings. The predicted octanol–water partition coefficient (Wildman–Crippen LogP) is 1.37. The highest BCUT2D eigenvalue weighted by atomic mass is 16.5. The van der Waals surface area contributed by atoms with E-state index in [2.05, 4.69) is 25.2 Å². The third-order valence-electron chi connectivity index (χ3n) is 4.53. The maximum absolute atomic E-state index is 11.5. The Bertz CT molecular complexity index is 563. The van der Waals surface area contributed by atoms with Crippen LogP contribution in [0.2, 0.25) is 0 Å². The number of ether oxygens (including phenoxy) is 1. The number of carbonyl (C=O) groups excluding carboxylic acids is 1. The second kappa shape index (κ2) is 9.90. The summed E-state index contributed by atoms with van der Waals surface area (Å²) in [4.78, 5) is 21.8. The Hall–Kier alpha value is -2.25. The molecule has 2 N–H and O–H groups in total. The van der Waals surface area contributed by atoms with Crippen molar-refractivity contribution in [3.05, 3.63) is 18.2 Å². The number of aliphatic imine (C=N–C) groups is 1. The molecule has 1 saturated heterocycles. The first-order valence-electron chi connectivity index (χ1n) is 8.92. The van der Waals surface area contributed by atoms with E-state index >= 15 is 0 Å². The molecule has 140 valence electrons. The number of rotatable bonds is 6. The molecule has 1 aromatic heterocycles. The number of aryl methyl sites for hydroxylation is 2. The number of unbranched alkanes of at least 4 members (excludes halogenated alkanes) is 1. The summed E-state index contributed by atoms with van der Waals surface area (Å²) in [6, 6.07) is 0.334. The average Bonchev–Trinajstić information content (AvgIpc) is 3.05. The number of aromatic nitrogens is 2. The summed E-state index contributed by atoms with van der Waals surface area (Å²) in [7, 11) is 3.21. The van der Waals surface area contributed by atoms with E-state index in [4.69, 9.17) is 4.74 Å². The van der Waals surface area contributed by atoms with Crippen LogP contribution in [0.1, 0.15) is 31.5 Å². The van der Waals surface area contributed by atoms with Gasteiger partial charge in [0.15, 0.2) is 5.96 Å². The molecule has 0 aliphatic carbocycles. The molecule has 8 heteroatoms. The molecule has 0 bridgehead atoms. The first-order chi connectivity index (χ1) is 12.1. The SMILES string of the molecule is CN=C(NCCCCn1ccnc1C)NC1CCN(C(=O)OC)CC1. The van der Waals surface area contributed by atoms with Crippen molar-refractivity contribution in [1.82, 2.24) is 25.1 Å². The van der Waals surface area contributed by atoms with Crippen LogP contribution in [-0.4, -0.2) is 66.3 Å². The lowest BCUT2D eigenvalue weighted by Gasteiger charge is -2.32. The smallest absolute Gasteiger partial charge is 0.409 e. The van der Waals surface area contributed by atoms with E-state index in [9.17, 15) is 4.79 Å². The van der Waals surface area contributed by atoms with Gasteiger partial charge >= 0.3 is 6.09 Å². The van der Waals surface area contributed by atoms with Crippen molar-refractivity contribution in [3.63, 3.8) is 0 Å². The van der Waals surface area contributed by atoms with E-state index in [1.165, 1.54) is 7.11 Å². The number of methoxy groups -OCH3 is 1. The summed E-state index contributed by atoms with van der Waals surface area (Å²) in [5.41, 5.74) is 0. The molecule has 2 heterocycles. The summed E-state index contributed by atoms with van der Waals surface area (Å²) in [5, 5.41) is 6.81. The molecular weight excluding hydrogens is 320 g/mol. The summed E-state index contributed by atoms with van der Waals surface area (Å²) < 4.78 is 6.93. The molecule has 1 amide bonds. The van der Waals surface area contributed by atoms with Crippen LogP contribution in [0.25, 0.3) is 0 Å². The summed E-state index contributed by atoms with van der Waals surface area (Å²) in [6.07, 6.45) is 7.58. The molecule has 2 rings (SSSR count). The van der Waals surface area contributed by atoms with Gasteiger partial charge in [0.2, 0.25) is 0 Å². The number of likely N-dealkylation sites (tertiary alicyclic amines) is 1. The van der Waals surface area contributed by atoms with Gasteiger partial charge in [0, 0.05) is 51.7 Å². The van der Waals surface area contributed by atoms with E-state index in [1.54, 1.807) is 11.9 Å². The van der Waals surface area contributed by atoms with Gasteiger partial charge in [0.25, 0.3) is 0 Å². The van der Waals surface area contributed by atoms with Crippen molar-refractivity contribution >= 4 is 12.1 Å². The highest BCUT2D eigenvalue weighted by molar-refractivity contribution is 5.80. The van der Waals surface area contributed by atoms with E-state index in [0.29, 0.717) is 19.1 Å². The van der Waals surface area contributed by atoms with Gasteiger partial charge < -0.3 is 24.8 Å². The Balaban J connectivity index is 1.61. The highest BCUT2D eigenvalue weighted by Crippen LogP contribution is 2.11. The molecule has 0 radical (unpaired) electrons. The quantitative estimate of drug-likeness (QED) is 0.460. The molecule has 1 fully saturated rings. The van der Waals surface area contributed by atoms with Gasteiger partial charge in [-0.3, -0.25) is 4.99 Å². The molecular formula is C17H30N6O2. The van der Waals surface area contributed by atoms with Gasteiger partial charge in [-0.25, -0.2) is 9.78 Å². The van der Waals surface area contributed by atoms with Crippen molar-refractivity contribution in [1.29, 1.82) is 0 Å². The maximum atomic E-state index is 11.5. The van der Waals surface area contributed by atoms with Crippen molar-refractivity contribution < 1.29 is 9.53 Å². The lowest BCUT2D eigenvalue weighted by molar-refractivity contribution is 0.111. The molecule has 0 unspecified atom stereocenters. The second-order valence-corrected chi connectivity index (χ2v) is 6.25. The molecule has 1 aliphatic rings. The van der Waals surface area contributed by atoms with Crippen LogP contribution in [0.3, 0.4) is 0 Å². The van der Waals surface area contributed by atoms with Crippen LogP contribution in [-0.2, 0) is 11.3 Å². The third kappa shape index (κ3) is 5.95. The lowest BCUT2D eigenvalue weighted by atomic mass is 10.1. The average molecular weight is 350 g/mol. The van der Waals surface area contributed by atoms with Crippen molar-refractivity contribution in [2.75, 3.05) is 33.8 Å². The van der Waals surface area contributed by atoms with Crippen LogP contribution >= 0.6 is 0 Å². The zero-order chi connectivity index (χ0) is 18.1. The van der Waals surface area contributed by atoms with E-state index in [0.717, 1.165) is 50.6 Å². The van der Waals surface area contributed by atoms with Crippen LogP contribution < -0.4 is 10.6 Å². The summed E-state index contributed by atoms with van der Waals surface area (Å²) in [5.74, 6) is 1.89. The Labute approximate surface area is 149 Å². The Morgan fingerprint density at radius 2 is 2.16 bits per heavy atom. The van der Waals surface area contributed by atoms with Crippen LogP contribution in [0.4, 0.5) is 4.79 Å². The first-order valence-corrected chi connectivity index (χ1v) is 8.92. The number of guanidine groups is 1. The van der Waals surface area contributed by atoms with Crippen molar-refractivity contribution in [2.45, 2.75) is 45.2 Å². The van der Waals surface area contributed by atoms with Gasteiger partial charge in [0.05, 0.1) is 7.11 Å². The number of carbonyl (C=O) groups is 1. The standard InChI is InChI=1S/C17H30N6O2/c1-14-19-9-13-22(14)10-5-4-8-20-16(18-2)21-15-6-11-23(12-7-15)17(24)25-3/h9,13,15H,4-8,10-12H2,1-3H3,(H2,18,20,21). The van der Waals surface area contributed by atoms with E-state index in [-0.39, 0.29) is 6.09 Å². The summed E-state index contributed by atoms with van der Waals surface area (Å²) >= 11 is 0. The van der Waals surface area contributed by atoms with Crippen molar-refractivity contribution in [2.24, 2.45) is 4.99 Å². The Kier molecular flexibility index (Phi) is 7.56. The third-order valence-corrected chi connectivity index (χ3v) is 4.53. The number of amides is 1. The minimum absolute atomic E-state index is 0.242. The fourth-order valence-corrected chi connectivity index (χ4v) is 2.98. The molecule has 0 aromatic carbocycles. The minimum atomic E-state index is -0.242. The molecule has 1 aliphatic heterocycles. The second-order valence-electron chi connectivity index (χ2n) is 6.25. The number of hydrogen-bond donors (Lipinski definition) is 2. The van der Waals surface area contributed by atoms with Crippen LogP contribution in [0, 0.1) is 6.92 Å². The van der Waals surface area contributed by atoms with Crippen molar-refractivity contribution in [3.8, 4) is 0 Å². The Morgan fingerprint density at radius 3 is 2.76 bits per heavy atom. The van der Waals surface area contributed by atoms with E-state index < -0.39 is 0 Å². The number of nitrogens with one attached hydrogen (secondary N) is 2. The molecule has 0 atom stereocenters. The molecule has 0 spiro atoms. The van der Waals surface area contributed by atoms with Gasteiger partial charge in [-0.05, 0) is 32.6 Å². The monoisotopic (exact) mass is 350 g/mol. The van der Waals surface area contributed by atoms with E-state index in [1.807, 2.05) is 19.3 Å². The zero-order valence-electron chi connectivity index (χ0n) is 15.5. The van der Waals surface area contributed by atoms with Gasteiger partial charge in [0.1, 0.15) is 5.82 Å². The number of piperidine rings is 1. The van der Waals surface area contributed by atoms with Crippen LogP contribution in [0.15, 0.2) is 17.4 Å². The van der Waals surface area contributed by atoms with Gasteiger partial charge in [-0.2, -0.15) is 0 Å². The molecule has 0 saturated carbocycles. The number of imidazole rings is 1. The maximum Gasteiger partial charge on any atom is 0.409 e. The van der Waals surface area contributed by atoms with Gasteiger partial charge in [-0.15, -0.1) is 0 Å². The zero-order valence-corrected chi connectivity index (χ0v) is 15.5. The topological polar surface area (TPSA) is 83.8 Å². The normalized spacial score (nSPS) is 16.0.